The number of anilines is 1. The molecule has 6 heteroatoms. The molecule has 2 rings (SSSR count). The molecule has 6 nitrogen and oxygen atoms in total. The number of carboxylic acid groups (broad SMARTS) is 1. The van der Waals surface area contributed by atoms with Gasteiger partial charge in [-0.2, -0.15) is 0 Å². The Morgan fingerprint density at radius 1 is 1.33 bits per heavy atom. The highest BCUT2D eigenvalue weighted by Gasteiger charge is 2.29. The Morgan fingerprint density at radius 3 is 2.38 bits per heavy atom. The first-order valence-electron chi connectivity index (χ1n) is 7.13. The summed E-state index contributed by atoms with van der Waals surface area (Å²) < 4.78 is 0. The highest BCUT2D eigenvalue weighted by Crippen LogP contribution is 2.36. The van der Waals surface area contributed by atoms with Crippen molar-refractivity contribution in [1.29, 1.82) is 0 Å². The van der Waals surface area contributed by atoms with E-state index in [9.17, 15) is 20.0 Å². The van der Waals surface area contributed by atoms with Gasteiger partial charge in [0.25, 0.3) is 5.69 Å². The first kappa shape index (κ1) is 15.3. The smallest absolute Gasteiger partial charge is 0.336 e. The average molecular weight is 292 g/mol. The minimum Gasteiger partial charge on any atom is -0.478 e. The molecule has 0 aromatic heterocycles. The van der Waals surface area contributed by atoms with Crippen LogP contribution in [-0.4, -0.2) is 28.1 Å². The van der Waals surface area contributed by atoms with Crippen LogP contribution < -0.4 is 4.90 Å². The standard InChI is InChI=1S/C15H20N2O4/c1-9-5-4-6-10(2)16(9)13-7-12(15(18)19)8-14(11(13)3)17(20)21/h7-10H,4-6H2,1-3H3,(H,18,19). The van der Waals surface area contributed by atoms with Crippen LogP contribution in [0.5, 0.6) is 0 Å². The lowest BCUT2D eigenvalue weighted by Crippen LogP contribution is -2.44. The van der Waals surface area contributed by atoms with Gasteiger partial charge >= 0.3 is 5.97 Å². The maximum atomic E-state index is 11.2. The summed E-state index contributed by atoms with van der Waals surface area (Å²) in [5.41, 5.74) is 1.04. The molecule has 1 N–H and O–H groups in total. The highest BCUT2D eigenvalue weighted by molar-refractivity contribution is 5.91. The molecule has 0 bridgehead atoms. The number of nitro benzene ring substituents is 1. The first-order chi connectivity index (χ1) is 9.82. The molecule has 1 saturated heterocycles. The van der Waals surface area contributed by atoms with Crippen molar-refractivity contribution in [3.8, 4) is 0 Å². The second kappa shape index (κ2) is 5.71. The Balaban J connectivity index is 2.60. The molecular formula is C15H20N2O4. The van der Waals surface area contributed by atoms with E-state index in [1.807, 2.05) is 0 Å². The van der Waals surface area contributed by atoms with Crippen LogP contribution in [0.2, 0.25) is 0 Å². The van der Waals surface area contributed by atoms with Crippen LogP contribution in [0.3, 0.4) is 0 Å². The molecular weight excluding hydrogens is 272 g/mol. The molecule has 0 saturated carbocycles. The molecule has 1 aromatic carbocycles. The number of nitro groups is 1. The molecule has 1 aliphatic heterocycles. The fraction of sp³-hybridized carbons (Fsp3) is 0.533. The van der Waals surface area contributed by atoms with Crippen molar-refractivity contribution in [3.05, 3.63) is 33.4 Å². The second-order valence-electron chi connectivity index (χ2n) is 5.74. The number of benzene rings is 1. The predicted molar refractivity (Wildman–Crippen MR) is 80.0 cm³/mol. The SMILES string of the molecule is Cc1c(N2C(C)CCCC2C)cc(C(=O)O)cc1[N+](=O)[O-]. The predicted octanol–water partition coefficient (Wildman–Crippen LogP) is 3.37. The van der Waals surface area contributed by atoms with Gasteiger partial charge in [-0.25, -0.2) is 4.79 Å². The van der Waals surface area contributed by atoms with Crippen molar-refractivity contribution in [2.45, 2.75) is 52.1 Å². The Bertz CT molecular complexity index is 575. The topological polar surface area (TPSA) is 83.7 Å². The number of piperidine rings is 1. The molecule has 1 aliphatic rings. The van der Waals surface area contributed by atoms with Gasteiger partial charge in [-0.3, -0.25) is 10.1 Å². The van der Waals surface area contributed by atoms with E-state index in [-0.39, 0.29) is 23.3 Å². The number of carboxylic acids is 1. The van der Waals surface area contributed by atoms with Gasteiger partial charge in [0, 0.05) is 23.8 Å². The third-order valence-corrected chi connectivity index (χ3v) is 4.27. The van der Waals surface area contributed by atoms with E-state index in [2.05, 4.69) is 18.7 Å². The third kappa shape index (κ3) is 2.84. The lowest BCUT2D eigenvalue weighted by atomic mass is 9.94. The van der Waals surface area contributed by atoms with Crippen LogP contribution in [0.4, 0.5) is 11.4 Å². The van der Waals surface area contributed by atoms with Gasteiger partial charge < -0.3 is 10.0 Å². The van der Waals surface area contributed by atoms with Gasteiger partial charge in [0.15, 0.2) is 0 Å². The van der Waals surface area contributed by atoms with Gasteiger partial charge in [0.2, 0.25) is 0 Å². The number of aromatic carboxylic acids is 1. The zero-order chi connectivity index (χ0) is 15.7. The van der Waals surface area contributed by atoms with Crippen molar-refractivity contribution >= 4 is 17.3 Å². The van der Waals surface area contributed by atoms with E-state index in [1.54, 1.807) is 13.0 Å². The van der Waals surface area contributed by atoms with E-state index >= 15 is 0 Å². The van der Waals surface area contributed by atoms with Crippen LogP contribution in [0.15, 0.2) is 12.1 Å². The normalized spacial score (nSPS) is 22.1. The van der Waals surface area contributed by atoms with Gasteiger partial charge in [0.05, 0.1) is 16.1 Å². The first-order valence-corrected chi connectivity index (χ1v) is 7.13. The van der Waals surface area contributed by atoms with Crippen LogP contribution in [0.1, 0.15) is 49.0 Å². The largest absolute Gasteiger partial charge is 0.478 e. The molecule has 1 fully saturated rings. The lowest BCUT2D eigenvalue weighted by molar-refractivity contribution is -0.385. The Hall–Kier alpha value is -2.11. The molecule has 0 aliphatic carbocycles. The number of nitrogens with zero attached hydrogens (tertiary/aromatic N) is 2. The number of hydrogen-bond donors (Lipinski definition) is 1. The molecule has 2 atom stereocenters. The molecule has 0 spiro atoms. The zero-order valence-electron chi connectivity index (χ0n) is 12.5. The average Bonchev–Trinajstić information content (AvgIpc) is 2.39. The molecule has 1 heterocycles. The van der Waals surface area contributed by atoms with E-state index < -0.39 is 10.9 Å². The van der Waals surface area contributed by atoms with Crippen molar-refractivity contribution in [1.82, 2.24) is 0 Å². The Labute approximate surface area is 123 Å². The summed E-state index contributed by atoms with van der Waals surface area (Å²) in [6.07, 6.45) is 3.14. The van der Waals surface area contributed by atoms with Crippen molar-refractivity contribution in [2.75, 3.05) is 4.90 Å². The summed E-state index contributed by atoms with van der Waals surface area (Å²) >= 11 is 0. The highest BCUT2D eigenvalue weighted by atomic mass is 16.6. The monoisotopic (exact) mass is 292 g/mol. The molecule has 2 unspecified atom stereocenters. The molecule has 1 aromatic rings. The summed E-state index contributed by atoms with van der Waals surface area (Å²) in [5, 5.41) is 20.4. The van der Waals surface area contributed by atoms with Crippen LogP contribution in [-0.2, 0) is 0 Å². The summed E-state index contributed by atoms with van der Waals surface area (Å²) in [5.74, 6) is -1.14. The fourth-order valence-electron chi connectivity index (χ4n) is 3.16. The fourth-order valence-corrected chi connectivity index (χ4v) is 3.16. The maximum absolute atomic E-state index is 11.2. The molecule has 114 valence electrons. The Morgan fingerprint density at radius 2 is 1.90 bits per heavy atom. The lowest BCUT2D eigenvalue weighted by Gasteiger charge is -2.41. The van der Waals surface area contributed by atoms with Crippen LogP contribution in [0, 0.1) is 17.0 Å². The maximum Gasteiger partial charge on any atom is 0.336 e. The van der Waals surface area contributed by atoms with Crippen LogP contribution in [0.25, 0.3) is 0 Å². The van der Waals surface area contributed by atoms with Crippen LogP contribution >= 0.6 is 0 Å². The van der Waals surface area contributed by atoms with Gasteiger partial charge in [-0.15, -0.1) is 0 Å². The molecule has 21 heavy (non-hydrogen) atoms. The van der Waals surface area contributed by atoms with E-state index in [4.69, 9.17) is 0 Å². The molecule has 0 amide bonds. The van der Waals surface area contributed by atoms with Gasteiger partial charge in [-0.05, 0) is 46.1 Å². The Kier molecular flexibility index (Phi) is 4.16. The minimum absolute atomic E-state index is 0.0349. The zero-order valence-corrected chi connectivity index (χ0v) is 12.5. The second-order valence-corrected chi connectivity index (χ2v) is 5.74. The molecule has 0 radical (unpaired) electrons. The number of rotatable bonds is 3. The quantitative estimate of drug-likeness (QED) is 0.682. The number of hydrogen-bond acceptors (Lipinski definition) is 4. The summed E-state index contributed by atoms with van der Waals surface area (Å²) in [7, 11) is 0. The summed E-state index contributed by atoms with van der Waals surface area (Å²) in [6, 6.07) is 3.19. The van der Waals surface area contributed by atoms with E-state index in [1.165, 1.54) is 0 Å². The van der Waals surface area contributed by atoms with Crippen molar-refractivity contribution < 1.29 is 14.8 Å². The number of carbonyl (C=O) groups is 1. The van der Waals surface area contributed by atoms with Gasteiger partial charge in [-0.1, -0.05) is 0 Å². The summed E-state index contributed by atoms with van der Waals surface area (Å²) in [4.78, 5) is 24.0. The van der Waals surface area contributed by atoms with Crippen molar-refractivity contribution in [3.63, 3.8) is 0 Å². The van der Waals surface area contributed by atoms with E-state index in [0.717, 1.165) is 25.3 Å². The third-order valence-electron chi connectivity index (χ3n) is 4.27. The minimum atomic E-state index is -1.14. The van der Waals surface area contributed by atoms with Gasteiger partial charge in [0.1, 0.15) is 0 Å². The summed E-state index contributed by atoms with van der Waals surface area (Å²) in [6.45, 7) is 5.84. The van der Waals surface area contributed by atoms with E-state index in [0.29, 0.717) is 11.3 Å². The van der Waals surface area contributed by atoms with Crippen molar-refractivity contribution in [2.24, 2.45) is 0 Å².